The minimum absolute atomic E-state index is 0.193. The predicted octanol–water partition coefficient (Wildman–Crippen LogP) is 1.93. The number of aliphatic carboxylic acids is 1. The lowest BCUT2D eigenvalue weighted by molar-refractivity contribution is -0.138. The average Bonchev–Trinajstić information content (AvgIpc) is 3.27. The fraction of sp³-hybridized carbons (Fsp3) is 0.588. The molecule has 1 saturated heterocycles. The first-order valence-corrected chi connectivity index (χ1v) is 7.95. The molecular weight excluding hydrogens is 264 g/mol. The van der Waals surface area contributed by atoms with Crippen molar-refractivity contribution in [2.45, 2.75) is 31.2 Å². The van der Waals surface area contributed by atoms with E-state index in [1.807, 2.05) is 4.90 Å². The maximum absolute atomic E-state index is 10.7. The van der Waals surface area contributed by atoms with Crippen molar-refractivity contribution in [2.24, 2.45) is 5.92 Å². The van der Waals surface area contributed by atoms with Crippen LogP contribution >= 0.6 is 0 Å². The molecule has 0 spiro atoms. The molecule has 2 aliphatic rings. The first kappa shape index (κ1) is 14.5. The number of carbonyl (C=O) groups is 1. The number of hydrogen-bond acceptors (Lipinski definition) is 3. The van der Waals surface area contributed by atoms with Crippen LogP contribution in [0.25, 0.3) is 0 Å². The summed E-state index contributed by atoms with van der Waals surface area (Å²) >= 11 is 0. The molecule has 4 heteroatoms. The molecule has 0 unspecified atom stereocenters. The third-order valence-corrected chi connectivity index (χ3v) is 4.75. The zero-order chi connectivity index (χ0) is 14.7. The second kappa shape index (κ2) is 6.58. The van der Waals surface area contributed by atoms with Crippen LogP contribution in [-0.4, -0.2) is 48.2 Å². The molecule has 114 valence electrons. The van der Waals surface area contributed by atoms with Gasteiger partial charge in [-0.15, -0.1) is 0 Å². The Bertz CT molecular complexity index is 469. The number of carboxylic acids is 1. The van der Waals surface area contributed by atoms with E-state index in [1.54, 1.807) is 0 Å². The molecule has 1 aromatic carbocycles. The normalized spacial score (nSPS) is 26.7. The standard InChI is InChI=1S/C17H24N2O2/c20-17(21)12-19-8-6-13(7-9-19)11-18-16-10-15(16)14-4-2-1-3-5-14/h1-5,13,15-16,18H,6-12H2,(H,20,21)/t15-,16+/m1/s1. The Balaban J connectivity index is 1.35. The summed E-state index contributed by atoms with van der Waals surface area (Å²) in [6, 6.07) is 11.4. The lowest BCUT2D eigenvalue weighted by atomic mass is 9.96. The lowest BCUT2D eigenvalue weighted by Crippen LogP contribution is -2.40. The van der Waals surface area contributed by atoms with Crippen molar-refractivity contribution in [2.75, 3.05) is 26.2 Å². The van der Waals surface area contributed by atoms with Gasteiger partial charge < -0.3 is 10.4 Å². The number of carboxylic acid groups (broad SMARTS) is 1. The van der Waals surface area contributed by atoms with Crippen LogP contribution in [0.5, 0.6) is 0 Å². The summed E-state index contributed by atoms with van der Waals surface area (Å²) in [5, 5.41) is 12.5. The molecule has 1 aliphatic heterocycles. The van der Waals surface area contributed by atoms with Crippen molar-refractivity contribution in [3.05, 3.63) is 35.9 Å². The van der Waals surface area contributed by atoms with Gasteiger partial charge in [-0.05, 0) is 50.4 Å². The molecular formula is C17H24N2O2. The highest BCUT2D eigenvalue weighted by Gasteiger charge is 2.38. The molecule has 0 bridgehead atoms. The molecule has 2 fully saturated rings. The van der Waals surface area contributed by atoms with Crippen molar-refractivity contribution in [3.8, 4) is 0 Å². The van der Waals surface area contributed by atoms with Crippen molar-refractivity contribution >= 4 is 5.97 Å². The van der Waals surface area contributed by atoms with Gasteiger partial charge in [-0.3, -0.25) is 9.69 Å². The van der Waals surface area contributed by atoms with E-state index in [2.05, 4.69) is 35.6 Å². The van der Waals surface area contributed by atoms with Crippen molar-refractivity contribution < 1.29 is 9.90 Å². The van der Waals surface area contributed by atoms with Crippen LogP contribution in [0.4, 0.5) is 0 Å². The fourth-order valence-corrected chi connectivity index (χ4v) is 3.35. The maximum Gasteiger partial charge on any atom is 0.317 e. The monoisotopic (exact) mass is 288 g/mol. The molecule has 0 amide bonds. The molecule has 1 aromatic rings. The molecule has 0 radical (unpaired) electrons. The number of likely N-dealkylation sites (tertiary alicyclic amines) is 1. The summed E-state index contributed by atoms with van der Waals surface area (Å²) in [6.07, 6.45) is 3.48. The second-order valence-electron chi connectivity index (χ2n) is 6.38. The smallest absolute Gasteiger partial charge is 0.317 e. The van der Waals surface area contributed by atoms with Gasteiger partial charge in [-0.2, -0.15) is 0 Å². The van der Waals surface area contributed by atoms with E-state index in [1.165, 1.54) is 12.0 Å². The third-order valence-electron chi connectivity index (χ3n) is 4.75. The third kappa shape index (κ3) is 4.05. The Kier molecular flexibility index (Phi) is 4.56. The number of nitrogens with zero attached hydrogens (tertiary/aromatic N) is 1. The lowest BCUT2D eigenvalue weighted by Gasteiger charge is -2.30. The van der Waals surface area contributed by atoms with E-state index in [4.69, 9.17) is 5.11 Å². The van der Waals surface area contributed by atoms with E-state index in [0.29, 0.717) is 17.9 Å². The molecule has 1 saturated carbocycles. The van der Waals surface area contributed by atoms with Gasteiger partial charge in [0.25, 0.3) is 0 Å². The van der Waals surface area contributed by atoms with Crippen molar-refractivity contribution in [1.29, 1.82) is 0 Å². The van der Waals surface area contributed by atoms with Crippen molar-refractivity contribution in [3.63, 3.8) is 0 Å². The molecule has 1 aliphatic carbocycles. The zero-order valence-corrected chi connectivity index (χ0v) is 12.4. The van der Waals surface area contributed by atoms with E-state index in [-0.39, 0.29) is 6.54 Å². The zero-order valence-electron chi connectivity index (χ0n) is 12.4. The fourth-order valence-electron chi connectivity index (χ4n) is 3.35. The van der Waals surface area contributed by atoms with Crippen LogP contribution in [0.3, 0.4) is 0 Å². The number of piperidine rings is 1. The molecule has 2 N–H and O–H groups in total. The number of benzene rings is 1. The van der Waals surface area contributed by atoms with Gasteiger partial charge in [-0.25, -0.2) is 0 Å². The summed E-state index contributed by atoms with van der Waals surface area (Å²) in [5.74, 6) is 0.681. The van der Waals surface area contributed by atoms with Crippen LogP contribution in [-0.2, 0) is 4.79 Å². The molecule has 2 atom stereocenters. The summed E-state index contributed by atoms with van der Waals surface area (Å²) in [7, 11) is 0. The summed E-state index contributed by atoms with van der Waals surface area (Å²) in [6.45, 7) is 3.12. The number of hydrogen-bond donors (Lipinski definition) is 2. The van der Waals surface area contributed by atoms with Gasteiger partial charge >= 0.3 is 5.97 Å². The van der Waals surface area contributed by atoms with Crippen LogP contribution in [0.15, 0.2) is 30.3 Å². The van der Waals surface area contributed by atoms with Crippen LogP contribution < -0.4 is 5.32 Å². The predicted molar refractivity (Wildman–Crippen MR) is 82.4 cm³/mol. The van der Waals surface area contributed by atoms with Gasteiger partial charge in [0.2, 0.25) is 0 Å². The quantitative estimate of drug-likeness (QED) is 0.840. The van der Waals surface area contributed by atoms with Gasteiger partial charge in [0.15, 0.2) is 0 Å². The average molecular weight is 288 g/mol. The summed E-state index contributed by atoms with van der Waals surface area (Å²) in [5.41, 5.74) is 1.45. The number of rotatable bonds is 6. The summed E-state index contributed by atoms with van der Waals surface area (Å²) < 4.78 is 0. The number of nitrogens with one attached hydrogen (secondary N) is 1. The van der Waals surface area contributed by atoms with E-state index >= 15 is 0 Å². The summed E-state index contributed by atoms with van der Waals surface area (Å²) in [4.78, 5) is 12.7. The van der Waals surface area contributed by atoms with Gasteiger partial charge in [0, 0.05) is 12.0 Å². The Morgan fingerprint density at radius 2 is 1.95 bits per heavy atom. The second-order valence-corrected chi connectivity index (χ2v) is 6.38. The highest BCUT2D eigenvalue weighted by Crippen LogP contribution is 2.40. The topological polar surface area (TPSA) is 52.6 Å². The SMILES string of the molecule is O=C(O)CN1CCC(CN[C@H]2C[C@@H]2c2ccccc2)CC1. The Morgan fingerprint density at radius 3 is 2.62 bits per heavy atom. The maximum atomic E-state index is 10.7. The van der Waals surface area contributed by atoms with E-state index in [0.717, 1.165) is 32.5 Å². The van der Waals surface area contributed by atoms with Crippen LogP contribution in [0, 0.1) is 5.92 Å². The van der Waals surface area contributed by atoms with Gasteiger partial charge in [-0.1, -0.05) is 30.3 Å². The molecule has 21 heavy (non-hydrogen) atoms. The van der Waals surface area contributed by atoms with Crippen molar-refractivity contribution in [1.82, 2.24) is 10.2 Å². The van der Waals surface area contributed by atoms with E-state index < -0.39 is 5.97 Å². The minimum atomic E-state index is -0.713. The Hall–Kier alpha value is -1.39. The molecule has 4 nitrogen and oxygen atoms in total. The molecule has 1 heterocycles. The highest BCUT2D eigenvalue weighted by atomic mass is 16.4. The van der Waals surface area contributed by atoms with Gasteiger partial charge in [0.05, 0.1) is 6.54 Å². The Morgan fingerprint density at radius 1 is 1.24 bits per heavy atom. The Labute approximate surface area is 126 Å². The molecule has 0 aromatic heterocycles. The first-order valence-electron chi connectivity index (χ1n) is 7.95. The van der Waals surface area contributed by atoms with Crippen LogP contribution in [0.1, 0.15) is 30.7 Å². The van der Waals surface area contributed by atoms with Gasteiger partial charge in [0.1, 0.15) is 0 Å². The van der Waals surface area contributed by atoms with Crippen LogP contribution in [0.2, 0.25) is 0 Å². The first-order chi connectivity index (χ1) is 10.2. The molecule has 3 rings (SSSR count). The largest absolute Gasteiger partial charge is 0.480 e. The van der Waals surface area contributed by atoms with E-state index in [9.17, 15) is 4.79 Å². The minimum Gasteiger partial charge on any atom is -0.480 e. The highest BCUT2D eigenvalue weighted by molar-refractivity contribution is 5.69.